The second-order valence-corrected chi connectivity index (χ2v) is 25.7. The van der Waals surface area contributed by atoms with Crippen molar-refractivity contribution in [2.24, 2.45) is 0 Å². The summed E-state index contributed by atoms with van der Waals surface area (Å²) in [4.78, 5) is 0. The fourth-order valence-corrected chi connectivity index (χ4v) is 7.38. The van der Waals surface area contributed by atoms with Gasteiger partial charge in [-0.2, -0.15) is 0 Å². The van der Waals surface area contributed by atoms with E-state index < -0.39 is 37.0 Å². The summed E-state index contributed by atoms with van der Waals surface area (Å²) >= 11 is -0.826. The van der Waals surface area contributed by atoms with E-state index in [4.69, 9.17) is 17.0 Å². The molecule has 0 unspecified atom stereocenters. The van der Waals surface area contributed by atoms with E-state index in [0.717, 1.165) is 0 Å². The number of fused-ring (bicyclic) bond motifs is 1. The van der Waals surface area contributed by atoms with E-state index >= 15 is 0 Å². The molecule has 0 aliphatic heterocycles. The predicted octanol–water partition coefficient (Wildman–Crippen LogP) is 10.0. The molecule has 0 atom stereocenters. The number of hydrogen-bond donors (Lipinski definition) is 0. The summed E-state index contributed by atoms with van der Waals surface area (Å²) in [6, 6.07) is 38.6. The van der Waals surface area contributed by atoms with E-state index in [9.17, 15) is 0 Å². The van der Waals surface area contributed by atoms with Crippen LogP contribution in [0.25, 0.3) is 44.2 Å². The maximum absolute atomic E-state index is 4.93. The molecule has 0 aromatic heterocycles. The van der Waals surface area contributed by atoms with Gasteiger partial charge < -0.3 is 0 Å². The first-order valence-electron chi connectivity index (χ1n) is 13.0. The summed E-state index contributed by atoms with van der Waals surface area (Å²) in [7, 11) is 6.87. The zero-order valence-corrected chi connectivity index (χ0v) is 29.0. The Bertz CT molecular complexity index is 1480. The first-order chi connectivity index (χ1) is 18.0. The normalized spacial score (nSPS) is 11.7. The number of hydrogen-bond acceptors (Lipinski definition) is 0. The third kappa shape index (κ3) is 6.74. The van der Waals surface area contributed by atoms with Gasteiger partial charge in [0.1, 0.15) is 0 Å². The molecule has 0 heterocycles. The van der Waals surface area contributed by atoms with Crippen molar-refractivity contribution >= 4 is 54.3 Å². The molecular formula is C33H35Cl2Si2Zr-. The van der Waals surface area contributed by atoms with Crippen molar-refractivity contribution < 1.29 is 20.8 Å². The van der Waals surface area contributed by atoms with Crippen LogP contribution in [0.5, 0.6) is 0 Å². The number of rotatable bonds is 5. The van der Waals surface area contributed by atoms with Gasteiger partial charge in [0.15, 0.2) is 0 Å². The molecule has 0 nitrogen and oxygen atoms in total. The molecule has 0 radical (unpaired) electrons. The standard InChI is InChI=1S/C33H35Si2.2ClH.Zr/c1-34(2,3)29-20-28(21-30(23-29)35(4,5)6)33-31(25-15-11-8-12-16-25)18-17-26-19-27(22-32(26)33)24-13-9-7-10-14-24;;;/h7-23H,1-6H3;2*1H;/q-1;;;+2/p-2. The van der Waals surface area contributed by atoms with Crippen LogP contribution in [0.1, 0.15) is 0 Å². The van der Waals surface area contributed by atoms with Gasteiger partial charge >= 0.3 is 37.9 Å². The van der Waals surface area contributed by atoms with Crippen molar-refractivity contribution in [1.29, 1.82) is 0 Å². The Kier molecular flexibility index (Phi) is 9.49. The second-order valence-electron chi connectivity index (χ2n) is 11.8. The molecule has 38 heavy (non-hydrogen) atoms. The molecule has 0 aliphatic carbocycles. The topological polar surface area (TPSA) is 0 Å². The van der Waals surface area contributed by atoms with Crippen LogP contribution in [-0.2, 0) is 20.8 Å². The van der Waals surface area contributed by atoms with E-state index in [-0.39, 0.29) is 0 Å². The van der Waals surface area contributed by atoms with Gasteiger partial charge in [-0.05, 0) is 22.3 Å². The molecule has 0 aliphatic rings. The fraction of sp³-hybridized carbons (Fsp3) is 0.182. The first kappa shape index (κ1) is 29.4. The predicted molar refractivity (Wildman–Crippen MR) is 174 cm³/mol. The third-order valence-corrected chi connectivity index (χ3v) is 11.1. The van der Waals surface area contributed by atoms with E-state index in [2.05, 4.69) is 142 Å². The first-order valence-corrected chi connectivity index (χ1v) is 26.3. The van der Waals surface area contributed by atoms with Crippen LogP contribution in [0, 0.1) is 0 Å². The van der Waals surface area contributed by atoms with Gasteiger partial charge in [0.25, 0.3) is 0 Å². The Labute approximate surface area is 249 Å². The second kappa shape index (κ2) is 12.3. The maximum atomic E-state index is 4.93. The molecule has 0 amide bonds. The van der Waals surface area contributed by atoms with Gasteiger partial charge in [-0.15, -0.1) is 34.5 Å². The zero-order valence-electron chi connectivity index (χ0n) is 23.1. The van der Waals surface area contributed by atoms with Crippen molar-refractivity contribution in [2.45, 2.75) is 39.3 Å². The number of halogens is 2. The Morgan fingerprint density at radius 1 is 0.579 bits per heavy atom. The molecule has 0 saturated heterocycles. The van der Waals surface area contributed by atoms with Crippen molar-refractivity contribution in [3.05, 3.63) is 103 Å². The molecule has 0 N–H and O–H groups in total. The van der Waals surface area contributed by atoms with Crippen LogP contribution in [0.15, 0.2) is 103 Å². The van der Waals surface area contributed by atoms with Crippen LogP contribution in [0.4, 0.5) is 0 Å². The minimum absolute atomic E-state index is 0.826. The molecule has 5 heteroatoms. The van der Waals surface area contributed by atoms with Crippen molar-refractivity contribution in [1.82, 2.24) is 0 Å². The molecule has 5 aromatic rings. The fourth-order valence-electron chi connectivity index (χ4n) is 4.89. The van der Waals surface area contributed by atoms with Crippen molar-refractivity contribution in [2.75, 3.05) is 0 Å². The molecule has 0 saturated carbocycles. The quantitative estimate of drug-likeness (QED) is 0.131. The molecule has 0 fully saturated rings. The molecule has 194 valence electrons. The van der Waals surface area contributed by atoms with Crippen LogP contribution in [0.2, 0.25) is 39.3 Å². The summed E-state index contributed by atoms with van der Waals surface area (Å²) in [5.41, 5.74) is 7.90. The third-order valence-electron chi connectivity index (χ3n) is 7.04. The van der Waals surface area contributed by atoms with Gasteiger partial charge in [-0.3, -0.25) is 0 Å². The Balaban J connectivity index is 0.00000107. The summed E-state index contributed by atoms with van der Waals surface area (Å²) in [5.74, 6) is 0. The van der Waals surface area contributed by atoms with E-state index in [1.165, 1.54) is 44.2 Å². The Morgan fingerprint density at radius 2 is 1.08 bits per heavy atom. The Hall–Kier alpha value is -1.61. The van der Waals surface area contributed by atoms with Gasteiger partial charge in [-0.1, -0.05) is 140 Å². The average Bonchev–Trinajstić information content (AvgIpc) is 3.33. The molecule has 0 spiro atoms. The van der Waals surface area contributed by atoms with E-state index in [0.29, 0.717) is 0 Å². The molecule has 0 bridgehead atoms. The number of benzene rings is 4. The van der Waals surface area contributed by atoms with Crippen LogP contribution >= 0.6 is 17.0 Å². The molecular weight excluding hydrogens is 615 g/mol. The van der Waals surface area contributed by atoms with Crippen LogP contribution in [-0.4, -0.2) is 16.1 Å². The van der Waals surface area contributed by atoms with Gasteiger partial charge in [0.2, 0.25) is 0 Å². The molecule has 5 rings (SSSR count). The van der Waals surface area contributed by atoms with Crippen LogP contribution < -0.4 is 10.4 Å². The van der Waals surface area contributed by atoms with Gasteiger partial charge in [0, 0.05) is 0 Å². The monoisotopic (exact) mass is 647 g/mol. The van der Waals surface area contributed by atoms with E-state index in [1.807, 2.05) is 0 Å². The summed E-state index contributed by atoms with van der Waals surface area (Å²) < 4.78 is 0. The summed E-state index contributed by atoms with van der Waals surface area (Å²) in [6.45, 7) is 14.8. The zero-order chi connectivity index (χ0) is 27.5. The van der Waals surface area contributed by atoms with E-state index in [1.54, 1.807) is 10.4 Å². The van der Waals surface area contributed by atoms with Gasteiger partial charge in [0.05, 0.1) is 16.1 Å². The van der Waals surface area contributed by atoms with Crippen LogP contribution in [0.3, 0.4) is 0 Å². The minimum atomic E-state index is -1.50. The average molecular weight is 650 g/mol. The summed E-state index contributed by atoms with van der Waals surface area (Å²) in [5, 5.41) is 5.77. The van der Waals surface area contributed by atoms with Crippen molar-refractivity contribution in [3.63, 3.8) is 0 Å². The van der Waals surface area contributed by atoms with Crippen molar-refractivity contribution in [3.8, 4) is 33.4 Å². The summed E-state index contributed by atoms with van der Waals surface area (Å²) in [6.07, 6.45) is 0. The Morgan fingerprint density at radius 3 is 1.58 bits per heavy atom. The molecule has 5 aromatic carbocycles. The SMILES string of the molecule is C[Si](C)(C)c1cc(-c2c(-c3ccccc3)ccc3[cH-]c(-c4ccccc4)cc23)cc([Si](C)(C)C)c1.[Cl][Zr][Cl]. The van der Waals surface area contributed by atoms with Gasteiger partial charge in [-0.25, -0.2) is 0 Å².